The number of halogens is 3. The van der Waals surface area contributed by atoms with Crippen molar-refractivity contribution in [3.05, 3.63) is 35.2 Å². The second kappa shape index (κ2) is 5.90. The zero-order chi connectivity index (χ0) is 15.6. The highest BCUT2D eigenvalue weighted by Crippen LogP contribution is 2.37. The SMILES string of the molecule is Cc1nsc(Sc2ccc(/C(N)=N/O)c(C(F)(F)F)c2)n1. The average molecular weight is 334 g/mol. The standard InChI is InChI=1S/C11H9F3N4OS2/c1-5-16-10(21-18-5)20-6-2-3-7(9(15)17-19)8(4-6)11(12,13)14/h2-4,19H,1H3,(H2,15,17). The van der Waals surface area contributed by atoms with Gasteiger partial charge in [0.2, 0.25) is 0 Å². The van der Waals surface area contributed by atoms with E-state index in [-0.39, 0.29) is 5.56 Å². The molecule has 2 aromatic rings. The maximum absolute atomic E-state index is 13.0. The van der Waals surface area contributed by atoms with Crippen LogP contribution in [0.2, 0.25) is 0 Å². The summed E-state index contributed by atoms with van der Waals surface area (Å²) in [5, 5.41) is 11.2. The van der Waals surface area contributed by atoms with Gasteiger partial charge in [0, 0.05) is 10.5 Å². The van der Waals surface area contributed by atoms with Crippen molar-refractivity contribution in [2.45, 2.75) is 22.3 Å². The van der Waals surface area contributed by atoms with Crippen LogP contribution in [0.3, 0.4) is 0 Å². The van der Waals surface area contributed by atoms with Crippen LogP contribution in [0.4, 0.5) is 13.2 Å². The fourth-order valence-corrected chi connectivity index (χ4v) is 3.18. The quantitative estimate of drug-likeness (QED) is 0.390. The molecule has 0 spiro atoms. The Hall–Kier alpha value is -1.81. The van der Waals surface area contributed by atoms with Crippen molar-refractivity contribution in [2.24, 2.45) is 10.9 Å². The van der Waals surface area contributed by atoms with Crippen molar-refractivity contribution in [3.63, 3.8) is 0 Å². The van der Waals surface area contributed by atoms with Crippen molar-refractivity contribution in [2.75, 3.05) is 0 Å². The first-order valence-electron chi connectivity index (χ1n) is 5.48. The predicted molar refractivity (Wildman–Crippen MR) is 72.7 cm³/mol. The molecule has 0 aliphatic carbocycles. The molecule has 0 unspecified atom stereocenters. The zero-order valence-corrected chi connectivity index (χ0v) is 12.2. The summed E-state index contributed by atoms with van der Waals surface area (Å²) in [5.41, 5.74) is 3.93. The number of benzene rings is 1. The van der Waals surface area contributed by atoms with Gasteiger partial charge in [-0.25, -0.2) is 4.98 Å². The van der Waals surface area contributed by atoms with E-state index in [0.29, 0.717) is 15.1 Å². The largest absolute Gasteiger partial charge is 0.417 e. The lowest BCUT2D eigenvalue weighted by Gasteiger charge is -2.13. The number of hydrogen-bond acceptors (Lipinski definition) is 6. The highest BCUT2D eigenvalue weighted by molar-refractivity contribution is 8.01. The van der Waals surface area contributed by atoms with Crippen LogP contribution in [0.5, 0.6) is 0 Å². The van der Waals surface area contributed by atoms with E-state index in [0.717, 1.165) is 35.4 Å². The number of nitrogens with zero attached hydrogens (tertiary/aromatic N) is 3. The molecule has 21 heavy (non-hydrogen) atoms. The molecule has 0 fully saturated rings. The Balaban J connectivity index is 2.42. The summed E-state index contributed by atoms with van der Waals surface area (Å²) in [5.74, 6) is -0.0301. The Labute approximate surface area is 125 Å². The molecule has 1 heterocycles. The van der Waals surface area contributed by atoms with Gasteiger partial charge < -0.3 is 10.9 Å². The summed E-state index contributed by atoms with van der Waals surface area (Å²) in [4.78, 5) is 4.41. The minimum Gasteiger partial charge on any atom is -0.409 e. The smallest absolute Gasteiger partial charge is 0.409 e. The highest BCUT2D eigenvalue weighted by atomic mass is 32.2. The van der Waals surface area contributed by atoms with Gasteiger partial charge in [-0.1, -0.05) is 16.9 Å². The Morgan fingerprint density at radius 1 is 1.43 bits per heavy atom. The van der Waals surface area contributed by atoms with Crippen LogP contribution < -0.4 is 5.73 Å². The molecular formula is C11H9F3N4OS2. The average Bonchev–Trinajstić information content (AvgIpc) is 2.82. The van der Waals surface area contributed by atoms with E-state index >= 15 is 0 Å². The topological polar surface area (TPSA) is 84.4 Å². The van der Waals surface area contributed by atoms with Crippen molar-refractivity contribution >= 4 is 29.1 Å². The number of amidine groups is 1. The van der Waals surface area contributed by atoms with E-state index in [1.807, 2.05) is 0 Å². The maximum Gasteiger partial charge on any atom is 0.417 e. The van der Waals surface area contributed by atoms with Gasteiger partial charge in [-0.15, -0.1) is 0 Å². The molecule has 0 amide bonds. The van der Waals surface area contributed by atoms with Crippen LogP contribution in [0.25, 0.3) is 0 Å². The molecule has 0 saturated heterocycles. The van der Waals surface area contributed by atoms with Crippen molar-refractivity contribution in [1.29, 1.82) is 0 Å². The van der Waals surface area contributed by atoms with E-state index in [1.54, 1.807) is 6.92 Å². The van der Waals surface area contributed by atoms with Gasteiger partial charge in [0.05, 0.1) is 5.56 Å². The van der Waals surface area contributed by atoms with E-state index in [1.165, 1.54) is 6.07 Å². The van der Waals surface area contributed by atoms with Crippen molar-refractivity contribution in [1.82, 2.24) is 9.36 Å². The summed E-state index contributed by atoms with van der Waals surface area (Å²) < 4.78 is 43.6. The molecule has 2 rings (SSSR count). The summed E-state index contributed by atoms with van der Waals surface area (Å²) in [6, 6.07) is 3.55. The van der Waals surface area contributed by atoms with E-state index in [4.69, 9.17) is 10.9 Å². The fraction of sp³-hybridized carbons (Fsp3) is 0.182. The molecule has 0 aliphatic heterocycles. The minimum absolute atomic E-state index is 0.341. The molecule has 0 atom stereocenters. The number of hydrogen-bond donors (Lipinski definition) is 2. The lowest BCUT2D eigenvalue weighted by atomic mass is 10.1. The molecule has 5 nitrogen and oxygen atoms in total. The molecule has 112 valence electrons. The molecule has 0 aliphatic rings. The van der Waals surface area contributed by atoms with Gasteiger partial charge in [0.25, 0.3) is 0 Å². The van der Waals surface area contributed by atoms with Gasteiger partial charge in [-0.05, 0) is 36.7 Å². The highest BCUT2D eigenvalue weighted by Gasteiger charge is 2.34. The molecule has 1 aromatic heterocycles. The minimum atomic E-state index is -4.61. The molecule has 10 heteroatoms. The first-order chi connectivity index (χ1) is 9.81. The van der Waals surface area contributed by atoms with Crippen LogP contribution in [0.1, 0.15) is 17.0 Å². The van der Waals surface area contributed by atoms with E-state index in [9.17, 15) is 13.2 Å². The second-order valence-electron chi connectivity index (χ2n) is 3.90. The van der Waals surface area contributed by atoms with Gasteiger partial charge in [0.1, 0.15) is 5.82 Å². The van der Waals surface area contributed by atoms with Crippen molar-refractivity contribution < 1.29 is 18.4 Å². The zero-order valence-electron chi connectivity index (χ0n) is 10.5. The first-order valence-corrected chi connectivity index (χ1v) is 7.07. The number of aryl methyl sites for hydroxylation is 1. The molecule has 3 N–H and O–H groups in total. The number of nitrogens with two attached hydrogens (primary N) is 1. The van der Waals surface area contributed by atoms with E-state index < -0.39 is 17.6 Å². The third kappa shape index (κ3) is 3.64. The van der Waals surface area contributed by atoms with Gasteiger partial charge >= 0.3 is 6.18 Å². The normalized spacial score (nSPS) is 12.7. The predicted octanol–water partition coefficient (Wildman–Crippen LogP) is 3.11. The Morgan fingerprint density at radius 2 is 2.14 bits per heavy atom. The lowest BCUT2D eigenvalue weighted by molar-refractivity contribution is -0.137. The van der Waals surface area contributed by atoms with Crippen molar-refractivity contribution in [3.8, 4) is 0 Å². The van der Waals surface area contributed by atoms with E-state index in [2.05, 4.69) is 14.5 Å². The molecule has 0 radical (unpaired) electrons. The Kier molecular flexibility index (Phi) is 4.37. The van der Waals surface area contributed by atoms with Gasteiger partial charge in [0.15, 0.2) is 10.2 Å². The van der Waals surface area contributed by atoms with Crippen LogP contribution in [0, 0.1) is 6.92 Å². The lowest BCUT2D eigenvalue weighted by Crippen LogP contribution is -2.20. The molecule has 0 bridgehead atoms. The Morgan fingerprint density at radius 3 is 2.67 bits per heavy atom. The Bertz CT molecular complexity index is 684. The molecule has 1 aromatic carbocycles. The number of aromatic nitrogens is 2. The maximum atomic E-state index is 13.0. The number of alkyl halides is 3. The monoisotopic (exact) mass is 334 g/mol. The van der Waals surface area contributed by atoms with Crippen LogP contribution in [0.15, 0.2) is 32.6 Å². The summed E-state index contributed by atoms with van der Waals surface area (Å²) in [7, 11) is 0. The summed E-state index contributed by atoms with van der Waals surface area (Å²) in [6.07, 6.45) is -4.61. The third-order valence-electron chi connectivity index (χ3n) is 2.39. The fourth-order valence-electron chi connectivity index (χ4n) is 1.52. The number of oxime groups is 1. The van der Waals surface area contributed by atoms with Crippen LogP contribution >= 0.6 is 23.3 Å². The van der Waals surface area contributed by atoms with Gasteiger partial charge in [-0.3, -0.25) is 0 Å². The third-order valence-corrected chi connectivity index (χ3v) is 4.23. The first kappa shape index (κ1) is 15.6. The molecule has 0 saturated carbocycles. The number of rotatable bonds is 3. The van der Waals surface area contributed by atoms with Crippen LogP contribution in [-0.4, -0.2) is 20.4 Å². The summed E-state index contributed by atoms with van der Waals surface area (Å²) >= 11 is 2.17. The summed E-state index contributed by atoms with van der Waals surface area (Å²) in [6.45, 7) is 1.70. The second-order valence-corrected chi connectivity index (χ2v) is 5.97. The van der Waals surface area contributed by atoms with Crippen LogP contribution in [-0.2, 0) is 6.18 Å². The van der Waals surface area contributed by atoms with Gasteiger partial charge in [-0.2, -0.15) is 17.5 Å². The molecular weight excluding hydrogens is 325 g/mol.